The van der Waals surface area contributed by atoms with E-state index in [-0.39, 0.29) is 5.82 Å². The molecule has 29 heavy (non-hydrogen) atoms. The number of benzene rings is 2. The highest BCUT2D eigenvalue weighted by molar-refractivity contribution is 5.79. The lowest BCUT2D eigenvalue weighted by molar-refractivity contribution is 0.321. The summed E-state index contributed by atoms with van der Waals surface area (Å²) in [5, 5.41) is 6.46. The molecule has 0 fully saturated rings. The van der Waals surface area contributed by atoms with E-state index < -0.39 is 0 Å². The zero-order valence-corrected chi connectivity index (χ0v) is 17.7. The summed E-state index contributed by atoms with van der Waals surface area (Å²) in [7, 11) is 5.48. The minimum atomic E-state index is -0.188. The van der Waals surface area contributed by atoms with Crippen LogP contribution in [0.25, 0.3) is 0 Å². The van der Waals surface area contributed by atoms with Crippen molar-refractivity contribution in [3.8, 4) is 11.5 Å². The third-order valence-electron chi connectivity index (χ3n) is 4.08. The zero-order valence-electron chi connectivity index (χ0n) is 17.7. The molecule has 0 bridgehead atoms. The predicted octanol–water partition coefficient (Wildman–Crippen LogP) is 3.03. The van der Waals surface area contributed by atoms with Gasteiger partial charge in [-0.1, -0.05) is 6.07 Å². The molecule has 0 aromatic heterocycles. The van der Waals surface area contributed by atoms with Crippen LogP contribution in [0.2, 0.25) is 0 Å². The molecule has 7 heteroatoms. The van der Waals surface area contributed by atoms with E-state index in [4.69, 9.17) is 9.47 Å². The van der Waals surface area contributed by atoms with Gasteiger partial charge >= 0.3 is 0 Å². The fourth-order valence-electron chi connectivity index (χ4n) is 2.71. The number of guanidine groups is 1. The molecule has 0 aliphatic carbocycles. The van der Waals surface area contributed by atoms with E-state index in [1.54, 1.807) is 13.2 Å². The maximum Gasteiger partial charge on any atom is 0.191 e. The van der Waals surface area contributed by atoms with Gasteiger partial charge in [0.05, 0.1) is 20.2 Å². The van der Waals surface area contributed by atoms with Crippen LogP contribution in [0.15, 0.2) is 47.5 Å². The SMILES string of the molecule is CCNC(=NCc1ccc(F)c(CN(C)C)c1)NCCOc1ccc(OC)cc1. The molecule has 0 aliphatic rings. The zero-order chi connectivity index (χ0) is 21.1. The summed E-state index contributed by atoms with van der Waals surface area (Å²) in [5.41, 5.74) is 1.64. The molecular weight excluding hydrogens is 371 g/mol. The molecule has 2 rings (SSSR count). The van der Waals surface area contributed by atoms with Crippen LogP contribution in [0.4, 0.5) is 4.39 Å². The Bertz CT molecular complexity index is 779. The van der Waals surface area contributed by atoms with Crippen LogP contribution < -0.4 is 20.1 Å². The van der Waals surface area contributed by atoms with Gasteiger partial charge in [0.1, 0.15) is 23.9 Å². The van der Waals surface area contributed by atoms with Gasteiger partial charge in [-0.15, -0.1) is 0 Å². The van der Waals surface area contributed by atoms with Crippen LogP contribution in [0.5, 0.6) is 11.5 Å². The van der Waals surface area contributed by atoms with E-state index in [1.807, 2.05) is 56.3 Å². The van der Waals surface area contributed by atoms with Crippen LogP contribution in [0.3, 0.4) is 0 Å². The Balaban J connectivity index is 1.87. The number of ether oxygens (including phenoxy) is 2. The minimum Gasteiger partial charge on any atom is -0.497 e. The van der Waals surface area contributed by atoms with Crippen molar-refractivity contribution in [1.29, 1.82) is 0 Å². The second-order valence-electron chi connectivity index (χ2n) is 6.81. The van der Waals surface area contributed by atoms with Crippen molar-refractivity contribution in [3.63, 3.8) is 0 Å². The van der Waals surface area contributed by atoms with E-state index in [1.165, 1.54) is 6.07 Å². The minimum absolute atomic E-state index is 0.188. The van der Waals surface area contributed by atoms with Crippen LogP contribution in [-0.2, 0) is 13.1 Å². The van der Waals surface area contributed by atoms with E-state index >= 15 is 0 Å². The Morgan fingerprint density at radius 2 is 1.79 bits per heavy atom. The summed E-state index contributed by atoms with van der Waals surface area (Å²) in [4.78, 5) is 6.53. The smallest absolute Gasteiger partial charge is 0.191 e. The quantitative estimate of drug-likeness (QED) is 0.363. The molecule has 0 radical (unpaired) electrons. The van der Waals surface area contributed by atoms with Crippen molar-refractivity contribution < 1.29 is 13.9 Å². The normalized spacial score (nSPS) is 11.4. The second kappa shape index (κ2) is 11.9. The maximum absolute atomic E-state index is 13.9. The van der Waals surface area contributed by atoms with Gasteiger partial charge in [-0.2, -0.15) is 0 Å². The van der Waals surface area contributed by atoms with Crippen molar-refractivity contribution in [2.45, 2.75) is 20.0 Å². The van der Waals surface area contributed by atoms with Crippen molar-refractivity contribution in [2.75, 3.05) is 40.9 Å². The lowest BCUT2D eigenvalue weighted by Gasteiger charge is -2.13. The van der Waals surface area contributed by atoms with E-state index in [0.29, 0.717) is 37.8 Å². The molecule has 2 N–H and O–H groups in total. The average molecular weight is 403 g/mol. The van der Waals surface area contributed by atoms with Gasteiger partial charge in [-0.3, -0.25) is 0 Å². The lowest BCUT2D eigenvalue weighted by Crippen LogP contribution is -2.39. The van der Waals surface area contributed by atoms with Crippen LogP contribution in [0, 0.1) is 5.82 Å². The Labute approximate surface area is 172 Å². The number of hydrogen-bond acceptors (Lipinski definition) is 4. The average Bonchev–Trinajstić information content (AvgIpc) is 2.71. The molecule has 0 saturated carbocycles. The first-order valence-electron chi connectivity index (χ1n) is 9.73. The highest BCUT2D eigenvalue weighted by Gasteiger charge is 2.05. The van der Waals surface area contributed by atoms with Gasteiger partial charge in [0.25, 0.3) is 0 Å². The lowest BCUT2D eigenvalue weighted by atomic mass is 10.1. The molecule has 0 spiro atoms. The summed E-state index contributed by atoms with van der Waals surface area (Å²) in [5.74, 6) is 2.09. The first-order valence-corrected chi connectivity index (χ1v) is 9.73. The number of rotatable bonds is 10. The van der Waals surface area contributed by atoms with E-state index in [9.17, 15) is 4.39 Å². The molecule has 6 nitrogen and oxygen atoms in total. The first-order chi connectivity index (χ1) is 14.0. The van der Waals surface area contributed by atoms with Gasteiger partial charge in [0.2, 0.25) is 0 Å². The molecule has 2 aromatic carbocycles. The Morgan fingerprint density at radius 3 is 2.45 bits per heavy atom. The van der Waals surface area contributed by atoms with Gasteiger partial charge in [-0.05, 0) is 63.0 Å². The van der Waals surface area contributed by atoms with Gasteiger partial charge in [0.15, 0.2) is 5.96 Å². The van der Waals surface area contributed by atoms with Gasteiger partial charge in [-0.25, -0.2) is 9.38 Å². The number of aliphatic imine (C=N–C) groups is 1. The number of hydrogen-bond donors (Lipinski definition) is 2. The topological polar surface area (TPSA) is 58.1 Å². The molecule has 0 amide bonds. The summed E-state index contributed by atoms with van der Waals surface area (Å²) in [6.07, 6.45) is 0. The van der Waals surface area contributed by atoms with Crippen molar-refractivity contribution >= 4 is 5.96 Å². The molecule has 0 aliphatic heterocycles. The molecule has 0 unspecified atom stereocenters. The third kappa shape index (κ3) is 7.99. The van der Waals surface area contributed by atoms with Crippen LogP contribution >= 0.6 is 0 Å². The molecular formula is C22H31FN4O2. The van der Waals surface area contributed by atoms with E-state index in [2.05, 4.69) is 15.6 Å². The van der Waals surface area contributed by atoms with Crippen molar-refractivity contribution in [2.24, 2.45) is 4.99 Å². The number of halogens is 1. The van der Waals surface area contributed by atoms with Crippen LogP contribution in [-0.4, -0.2) is 51.8 Å². The summed E-state index contributed by atoms with van der Waals surface area (Å²) < 4.78 is 24.8. The van der Waals surface area contributed by atoms with Gasteiger partial charge < -0.3 is 25.0 Å². The predicted molar refractivity (Wildman–Crippen MR) is 115 cm³/mol. The molecule has 2 aromatic rings. The maximum atomic E-state index is 13.9. The third-order valence-corrected chi connectivity index (χ3v) is 4.08. The Kier molecular flexibility index (Phi) is 9.24. The van der Waals surface area contributed by atoms with Crippen molar-refractivity contribution in [3.05, 3.63) is 59.4 Å². The first kappa shape index (κ1) is 22.5. The fourth-order valence-corrected chi connectivity index (χ4v) is 2.71. The standard InChI is InChI=1S/C22H31FN4O2/c1-5-24-22(25-12-13-29-20-9-7-19(28-4)8-10-20)26-15-17-6-11-21(23)18(14-17)16-27(2)3/h6-11,14H,5,12-13,15-16H2,1-4H3,(H2,24,25,26). The number of nitrogens with zero attached hydrogens (tertiary/aromatic N) is 2. The highest BCUT2D eigenvalue weighted by atomic mass is 19.1. The number of nitrogens with one attached hydrogen (secondary N) is 2. The molecule has 0 saturated heterocycles. The largest absolute Gasteiger partial charge is 0.497 e. The second-order valence-corrected chi connectivity index (χ2v) is 6.81. The summed E-state index contributed by atoms with van der Waals surface area (Å²) >= 11 is 0. The number of methoxy groups -OCH3 is 1. The highest BCUT2D eigenvalue weighted by Crippen LogP contribution is 2.16. The Morgan fingerprint density at radius 1 is 1.07 bits per heavy atom. The fraction of sp³-hybridized carbons (Fsp3) is 0.409. The summed E-state index contributed by atoms with van der Waals surface area (Å²) in [6, 6.07) is 12.6. The van der Waals surface area contributed by atoms with Crippen molar-refractivity contribution in [1.82, 2.24) is 15.5 Å². The molecule has 158 valence electrons. The molecule has 0 atom stereocenters. The van der Waals surface area contributed by atoms with Gasteiger partial charge in [0, 0.05) is 18.7 Å². The summed E-state index contributed by atoms with van der Waals surface area (Å²) in [6.45, 7) is 4.89. The molecule has 0 heterocycles. The van der Waals surface area contributed by atoms with Crippen LogP contribution in [0.1, 0.15) is 18.1 Å². The van der Waals surface area contributed by atoms with E-state index in [0.717, 1.165) is 23.6 Å². The Hall–Kier alpha value is -2.80. The monoisotopic (exact) mass is 402 g/mol.